The molecule has 12 heavy (non-hydrogen) atoms. The van der Waals surface area contributed by atoms with Crippen LogP contribution in [0.3, 0.4) is 0 Å². The fourth-order valence-corrected chi connectivity index (χ4v) is 3.33. The second-order valence-corrected chi connectivity index (χ2v) is 4.45. The van der Waals surface area contributed by atoms with Gasteiger partial charge in [0.1, 0.15) is 0 Å². The second-order valence-electron chi connectivity index (χ2n) is 4.45. The molecule has 2 aliphatic rings. The fraction of sp³-hybridized carbons (Fsp3) is 0.833. The molecule has 68 valence electrons. The molecule has 1 saturated carbocycles. The molecule has 0 heterocycles. The second kappa shape index (κ2) is 3.24. The summed E-state index contributed by atoms with van der Waals surface area (Å²) < 4.78 is 0. The van der Waals surface area contributed by atoms with Crippen molar-refractivity contribution in [2.45, 2.75) is 46.0 Å². The summed E-state index contributed by atoms with van der Waals surface area (Å²) in [6.45, 7) is 4.69. The van der Waals surface area contributed by atoms with Crippen LogP contribution in [-0.4, -0.2) is 0 Å². The van der Waals surface area contributed by atoms with Crippen molar-refractivity contribution in [3.8, 4) is 0 Å². The van der Waals surface area contributed by atoms with Crippen LogP contribution in [0.1, 0.15) is 46.0 Å². The molecule has 0 heteroatoms. The number of fused-ring (bicyclic) bond motifs is 2. The van der Waals surface area contributed by atoms with E-state index in [0.29, 0.717) is 0 Å². The summed E-state index contributed by atoms with van der Waals surface area (Å²) in [4.78, 5) is 0. The molecule has 0 N–H and O–H groups in total. The molecule has 2 aliphatic carbocycles. The average molecular weight is 164 g/mol. The van der Waals surface area contributed by atoms with Crippen molar-refractivity contribution in [2.24, 2.45) is 17.8 Å². The molecule has 0 spiro atoms. The Morgan fingerprint density at radius 3 is 2.92 bits per heavy atom. The van der Waals surface area contributed by atoms with Gasteiger partial charge in [-0.1, -0.05) is 38.3 Å². The minimum atomic E-state index is 0.985. The van der Waals surface area contributed by atoms with Gasteiger partial charge in [-0.05, 0) is 37.0 Å². The quantitative estimate of drug-likeness (QED) is 0.557. The highest BCUT2D eigenvalue weighted by molar-refractivity contribution is 5.22. The Morgan fingerprint density at radius 2 is 2.25 bits per heavy atom. The van der Waals surface area contributed by atoms with E-state index in [4.69, 9.17) is 0 Å². The van der Waals surface area contributed by atoms with Crippen LogP contribution in [0.5, 0.6) is 0 Å². The van der Waals surface area contributed by atoms with Crippen molar-refractivity contribution in [2.75, 3.05) is 0 Å². The van der Waals surface area contributed by atoms with Gasteiger partial charge in [-0.25, -0.2) is 0 Å². The van der Waals surface area contributed by atoms with Crippen LogP contribution in [0, 0.1) is 17.8 Å². The Morgan fingerprint density at radius 1 is 1.42 bits per heavy atom. The third kappa shape index (κ3) is 1.12. The first kappa shape index (κ1) is 8.34. The summed E-state index contributed by atoms with van der Waals surface area (Å²) in [7, 11) is 0. The molecular weight excluding hydrogens is 144 g/mol. The van der Waals surface area contributed by atoms with E-state index >= 15 is 0 Å². The van der Waals surface area contributed by atoms with Crippen molar-refractivity contribution in [3.05, 3.63) is 11.6 Å². The Kier molecular flexibility index (Phi) is 2.25. The maximum Gasteiger partial charge on any atom is -0.0172 e. The van der Waals surface area contributed by atoms with Crippen LogP contribution in [-0.2, 0) is 0 Å². The first-order chi connectivity index (χ1) is 5.86. The van der Waals surface area contributed by atoms with Gasteiger partial charge >= 0.3 is 0 Å². The molecule has 0 amide bonds. The first-order valence-corrected chi connectivity index (χ1v) is 5.55. The minimum Gasteiger partial charge on any atom is -0.0847 e. The molecule has 2 bridgehead atoms. The standard InChI is InChI=1S/C12H20/c1-3-5-12-10-7-6-9(8-10)11(12)4-2/h7,9,11-12H,3-6,8H2,1-2H3. The van der Waals surface area contributed by atoms with E-state index in [1.807, 2.05) is 5.57 Å². The van der Waals surface area contributed by atoms with E-state index in [0.717, 1.165) is 17.8 Å². The molecule has 0 aromatic rings. The van der Waals surface area contributed by atoms with Gasteiger partial charge in [-0.3, -0.25) is 0 Å². The molecule has 0 saturated heterocycles. The predicted octanol–water partition coefficient (Wildman–Crippen LogP) is 3.78. The van der Waals surface area contributed by atoms with Crippen LogP contribution < -0.4 is 0 Å². The average Bonchev–Trinajstić information content (AvgIpc) is 2.64. The lowest BCUT2D eigenvalue weighted by Gasteiger charge is -2.25. The van der Waals surface area contributed by atoms with E-state index in [1.54, 1.807) is 0 Å². The number of rotatable bonds is 3. The lowest BCUT2D eigenvalue weighted by molar-refractivity contribution is 0.290. The largest absolute Gasteiger partial charge is 0.0847 e. The molecule has 3 unspecified atom stereocenters. The molecule has 0 nitrogen and oxygen atoms in total. The SMILES string of the molecule is CCCC1C2=CCC(C2)C1CC. The predicted molar refractivity (Wildman–Crippen MR) is 53.0 cm³/mol. The molecule has 0 aliphatic heterocycles. The van der Waals surface area contributed by atoms with Crippen LogP contribution in [0.15, 0.2) is 11.6 Å². The van der Waals surface area contributed by atoms with Gasteiger partial charge in [-0.2, -0.15) is 0 Å². The number of allylic oxidation sites excluding steroid dienone is 2. The van der Waals surface area contributed by atoms with Crippen molar-refractivity contribution in [1.82, 2.24) is 0 Å². The highest BCUT2D eigenvalue weighted by Gasteiger charge is 2.40. The summed E-state index contributed by atoms with van der Waals surface area (Å²) in [6, 6.07) is 0. The van der Waals surface area contributed by atoms with Gasteiger partial charge in [0.05, 0.1) is 0 Å². The number of hydrogen-bond donors (Lipinski definition) is 0. The van der Waals surface area contributed by atoms with Crippen molar-refractivity contribution in [1.29, 1.82) is 0 Å². The molecule has 3 atom stereocenters. The lowest BCUT2D eigenvalue weighted by Crippen LogP contribution is -2.16. The molecule has 0 radical (unpaired) electrons. The van der Waals surface area contributed by atoms with Crippen LogP contribution in [0.2, 0.25) is 0 Å². The Bertz CT molecular complexity index is 190. The van der Waals surface area contributed by atoms with Crippen LogP contribution >= 0.6 is 0 Å². The van der Waals surface area contributed by atoms with Gasteiger partial charge < -0.3 is 0 Å². The van der Waals surface area contributed by atoms with Gasteiger partial charge in [0.2, 0.25) is 0 Å². The summed E-state index contributed by atoms with van der Waals surface area (Å²) in [5.74, 6) is 3.07. The number of hydrogen-bond acceptors (Lipinski definition) is 0. The van der Waals surface area contributed by atoms with E-state index < -0.39 is 0 Å². The van der Waals surface area contributed by atoms with Gasteiger partial charge in [0, 0.05) is 0 Å². The molecule has 1 fully saturated rings. The fourth-order valence-electron chi connectivity index (χ4n) is 3.33. The lowest BCUT2D eigenvalue weighted by atomic mass is 9.80. The maximum atomic E-state index is 2.52. The molecule has 0 aromatic carbocycles. The zero-order valence-corrected chi connectivity index (χ0v) is 8.34. The first-order valence-electron chi connectivity index (χ1n) is 5.55. The van der Waals surface area contributed by atoms with E-state index in [9.17, 15) is 0 Å². The van der Waals surface area contributed by atoms with Gasteiger partial charge in [0.15, 0.2) is 0 Å². The summed E-state index contributed by atoms with van der Waals surface area (Å²) in [6.07, 6.45) is 9.59. The molecular formula is C12H20. The maximum absolute atomic E-state index is 2.52. The monoisotopic (exact) mass is 164 g/mol. The van der Waals surface area contributed by atoms with E-state index in [1.165, 1.54) is 32.1 Å². The third-order valence-corrected chi connectivity index (χ3v) is 3.85. The van der Waals surface area contributed by atoms with Crippen molar-refractivity contribution in [3.63, 3.8) is 0 Å². The van der Waals surface area contributed by atoms with Crippen molar-refractivity contribution < 1.29 is 0 Å². The zero-order valence-electron chi connectivity index (χ0n) is 8.34. The summed E-state index contributed by atoms with van der Waals surface area (Å²) >= 11 is 0. The van der Waals surface area contributed by atoms with Crippen LogP contribution in [0.4, 0.5) is 0 Å². The highest BCUT2D eigenvalue weighted by Crippen LogP contribution is 2.51. The normalized spacial score (nSPS) is 38.8. The van der Waals surface area contributed by atoms with E-state index in [2.05, 4.69) is 19.9 Å². The molecule has 2 rings (SSSR count). The summed E-state index contributed by atoms with van der Waals surface area (Å²) in [5.41, 5.74) is 1.81. The minimum absolute atomic E-state index is 0.985. The Hall–Kier alpha value is -0.260. The highest BCUT2D eigenvalue weighted by atomic mass is 14.4. The zero-order chi connectivity index (χ0) is 8.55. The topological polar surface area (TPSA) is 0 Å². The third-order valence-electron chi connectivity index (χ3n) is 3.85. The van der Waals surface area contributed by atoms with Gasteiger partial charge in [0.25, 0.3) is 0 Å². The summed E-state index contributed by atoms with van der Waals surface area (Å²) in [5, 5.41) is 0. The van der Waals surface area contributed by atoms with E-state index in [-0.39, 0.29) is 0 Å². The van der Waals surface area contributed by atoms with Gasteiger partial charge in [-0.15, -0.1) is 0 Å². The van der Waals surface area contributed by atoms with Crippen molar-refractivity contribution >= 4 is 0 Å². The Balaban J connectivity index is 2.09. The smallest absolute Gasteiger partial charge is 0.0172 e. The Labute approximate surface area is 76.1 Å². The van der Waals surface area contributed by atoms with Crippen LogP contribution in [0.25, 0.3) is 0 Å². The molecule has 0 aromatic heterocycles.